The number of halogens is 1. The summed E-state index contributed by atoms with van der Waals surface area (Å²) in [7, 11) is -3.53. The van der Waals surface area contributed by atoms with E-state index in [2.05, 4.69) is 4.98 Å². The first-order chi connectivity index (χ1) is 7.86. The van der Waals surface area contributed by atoms with E-state index in [1.54, 1.807) is 6.92 Å². The zero-order valence-corrected chi connectivity index (χ0v) is 10.6. The summed E-state index contributed by atoms with van der Waals surface area (Å²) in [5.74, 6) is -0.0910. The van der Waals surface area contributed by atoms with Gasteiger partial charge in [-0.1, -0.05) is 6.92 Å². The molecule has 8 heteroatoms. The van der Waals surface area contributed by atoms with Gasteiger partial charge in [0.1, 0.15) is 6.20 Å². The van der Waals surface area contributed by atoms with Crippen molar-refractivity contribution in [2.24, 2.45) is 5.92 Å². The summed E-state index contributed by atoms with van der Waals surface area (Å²) in [5, 5.41) is 10.2. The van der Waals surface area contributed by atoms with Crippen molar-refractivity contribution in [1.82, 2.24) is 4.98 Å². The minimum Gasteiger partial charge on any atom is -0.258 e. The van der Waals surface area contributed by atoms with Crippen molar-refractivity contribution in [3.63, 3.8) is 0 Å². The molecule has 1 atom stereocenters. The average Bonchev–Trinajstić information content (AvgIpc) is 2.28. The second kappa shape index (κ2) is 5.42. The topological polar surface area (TPSA) is 90.2 Å². The summed E-state index contributed by atoms with van der Waals surface area (Å²) in [6.07, 6.45) is 0.929. The van der Waals surface area contributed by atoms with E-state index in [1.807, 2.05) is 0 Å². The Hall–Kier alpha value is -1.21. The quantitative estimate of drug-likeness (QED) is 0.464. The molecule has 0 aliphatic carbocycles. The summed E-state index contributed by atoms with van der Waals surface area (Å²) in [5.41, 5.74) is -0.241. The van der Waals surface area contributed by atoms with E-state index in [0.29, 0.717) is 0 Å². The highest BCUT2D eigenvalue weighted by atomic mass is 35.5. The van der Waals surface area contributed by atoms with Gasteiger partial charge in [0.2, 0.25) is 0 Å². The second-order valence-electron chi connectivity index (χ2n) is 3.65. The molecule has 6 nitrogen and oxygen atoms in total. The predicted molar refractivity (Wildman–Crippen MR) is 62.8 cm³/mol. The molecule has 0 bridgehead atoms. The van der Waals surface area contributed by atoms with E-state index in [-0.39, 0.29) is 28.3 Å². The molecule has 1 aromatic rings. The van der Waals surface area contributed by atoms with Crippen molar-refractivity contribution >= 4 is 27.1 Å². The lowest BCUT2D eigenvalue weighted by atomic mass is 10.3. The molecule has 1 aromatic heterocycles. The highest BCUT2D eigenvalue weighted by Gasteiger charge is 2.20. The van der Waals surface area contributed by atoms with Crippen LogP contribution in [0.5, 0.6) is 0 Å². The normalized spacial score (nSPS) is 13.3. The smallest absolute Gasteiger partial charge is 0.258 e. The van der Waals surface area contributed by atoms with Gasteiger partial charge >= 0.3 is 0 Å². The van der Waals surface area contributed by atoms with Crippen molar-refractivity contribution < 1.29 is 13.3 Å². The number of nitrogens with zero attached hydrogens (tertiary/aromatic N) is 2. The minimum atomic E-state index is -3.53. The lowest BCUT2D eigenvalue weighted by Crippen LogP contribution is -2.16. The molecule has 0 saturated heterocycles. The molecule has 1 rings (SSSR count). The van der Waals surface area contributed by atoms with Crippen molar-refractivity contribution in [3.05, 3.63) is 28.4 Å². The fourth-order valence-corrected chi connectivity index (χ4v) is 2.93. The maximum absolute atomic E-state index is 11.8. The zero-order valence-electron chi connectivity index (χ0n) is 9.04. The van der Waals surface area contributed by atoms with Crippen LogP contribution in [0.3, 0.4) is 0 Å². The lowest BCUT2D eigenvalue weighted by molar-refractivity contribution is -0.385. The summed E-state index contributed by atoms with van der Waals surface area (Å²) in [4.78, 5) is 13.3. The summed E-state index contributed by atoms with van der Waals surface area (Å²) < 4.78 is 23.6. The van der Waals surface area contributed by atoms with Crippen LogP contribution >= 0.6 is 11.6 Å². The SMILES string of the molecule is CC(CCl)CS(=O)(=O)c1ccc([N+](=O)[O-])cn1. The van der Waals surface area contributed by atoms with Crippen LogP contribution < -0.4 is 0 Å². The molecule has 0 aromatic carbocycles. The van der Waals surface area contributed by atoms with E-state index in [9.17, 15) is 18.5 Å². The number of hydrogen-bond donors (Lipinski definition) is 0. The molecule has 0 aliphatic heterocycles. The van der Waals surface area contributed by atoms with Gasteiger partial charge in [0.25, 0.3) is 5.69 Å². The monoisotopic (exact) mass is 278 g/mol. The lowest BCUT2D eigenvalue weighted by Gasteiger charge is -2.07. The molecular weight excluding hydrogens is 268 g/mol. The Labute approximate surface area is 104 Å². The van der Waals surface area contributed by atoms with Gasteiger partial charge in [0.15, 0.2) is 14.9 Å². The Morgan fingerprint density at radius 3 is 2.59 bits per heavy atom. The molecule has 1 heterocycles. The van der Waals surface area contributed by atoms with E-state index in [4.69, 9.17) is 11.6 Å². The molecule has 17 heavy (non-hydrogen) atoms. The van der Waals surface area contributed by atoms with Gasteiger partial charge in [0.05, 0.1) is 10.7 Å². The summed E-state index contributed by atoms with van der Waals surface area (Å²) >= 11 is 5.54. The van der Waals surface area contributed by atoms with E-state index >= 15 is 0 Å². The Kier molecular flexibility index (Phi) is 4.41. The molecule has 0 fully saturated rings. The third-order valence-corrected chi connectivity index (χ3v) is 4.43. The highest BCUT2D eigenvalue weighted by molar-refractivity contribution is 7.91. The molecule has 0 N–H and O–H groups in total. The van der Waals surface area contributed by atoms with Gasteiger partial charge in [-0.15, -0.1) is 11.6 Å². The largest absolute Gasteiger partial charge is 0.287 e. The van der Waals surface area contributed by atoms with E-state index in [1.165, 1.54) is 0 Å². The van der Waals surface area contributed by atoms with Gasteiger partial charge in [0, 0.05) is 11.9 Å². The first kappa shape index (κ1) is 13.9. The summed E-state index contributed by atoms with van der Waals surface area (Å²) in [6, 6.07) is 2.25. The second-order valence-corrected chi connectivity index (χ2v) is 5.94. The number of nitro groups is 1. The van der Waals surface area contributed by atoms with Gasteiger partial charge in [-0.25, -0.2) is 13.4 Å². The van der Waals surface area contributed by atoms with Crippen molar-refractivity contribution in [3.8, 4) is 0 Å². The van der Waals surface area contributed by atoms with Crippen molar-refractivity contribution in [1.29, 1.82) is 0 Å². The van der Waals surface area contributed by atoms with Crippen LogP contribution in [-0.4, -0.2) is 30.0 Å². The Morgan fingerprint density at radius 2 is 2.18 bits per heavy atom. The zero-order chi connectivity index (χ0) is 13.1. The van der Waals surface area contributed by atoms with Crippen molar-refractivity contribution in [2.75, 3.05) is 11.6 Å². The summed E-state index contributed by atoms with van der Waals surface area (Å²) in [6.45, 7) is 1.70. The Balaban J connectivity index is 2.96. The maximum atomic E-state index is 11.8. The van der Waals surface area contributed by atoms with Crippen LogP contribution in [0.2, 0.25) is 0 Å². The molecule has 94 valence electrons. The van der Waals surface area contributed by atoms with Crippen molar-refractivity contribution in [2.45, 2.75) is 11.9 Å². The van der Waals surface area contributed by atoms with Crippen LogP contribution in [0.1, 0.15) is 6.92 Å². The maximum Gasteiger partial charge on any atom is 0.287 e. The van der Waals surface area contributed by atoms with Crippen LogP contribution in [0.15, 0.2) is 23.4 Å². The van der Waals surface area contributed by atoms with Crippen LogP contribution in [0.4, 0.5) is 5.69 Å². The Bertz CT molecular complexity index is 500. The van der Waals surface area contributed by atoms with Crippen LogP contribution in [0, 0.1) is 16.0 Å². The van der Waals surface area contributed by atoms with E-state index < -0.39 is 14.8 Å². The standard InChI is InChI=1S/C9H11ClN2O4S/c1-7(4-10)6-17(15,16)9-3-2-8(5-11-9)12(13)14/h2-3,5,7H,4,6H2,1H3. The number of hydrogen-bond acceptors (Lipinski definition) is 5. The number of rotatable bonds is 5. The Morgan fingerprint density at radius 1 is 1.53 bits per heavy atom. The van der Waals surface area contributed by atoms with Crippen LogP contribution in [0.25, 0.3) is 0 Å². The number of aromatic nitrogens is 1. The molecular formula is C9H11ClN2O4S. The third kappa shape index (κ3) is 3.64. The number of sulfone groups is 1. The molecule has 0 saturated carbocycles. The molecule has 0 amide bonds. The first-order valence-electron chi connectivity index (χ1n) is 4.76. The van der Waals surface area contributed by atoms with Gasteiger partial charge in [-0.05, 0) is 12.0 Å². The highest BCUT2D eigenvalue weighted by Crippen LogP contribution is 2.16. The molecule has 1 unspecified atom stereocenters. The molecule has 0 aliphatic rings. The van der Waals surface area contributed by atoms with Gasteiger partial charge in [-0.2, -0.15) is 0 Å². The number of alkyl halides is 1. The minimum absolute atomic E-state index is 0.124. The predicted octanol–water partition coefficient (Wildman–Crippen LogP) is 1.64. The third-order valence-electron chi connectivity index (χ3n) is 2.02. The first-order valence-corrected chi connectivity index (χ1v) is 6.94. The average molecular weight is 279 g/mol. The molecule has 0 spiro atoms. The van der Waals surface area contributed by atoms with Gasteiger partial charge < -0.3 is 0 Å². The number of pyridine rings is 1. The van der Waals surface area contributed by atoms with Crippen LogP contribution in [-0.2, 0) is 9.84 Å². The molecule has 0 radical (unpaired) electrons. The van der Waals surface area contributed by atoms with E-state index in [0.717, 1.165) is 18.3 Å². The van der Waals surface area contributed by atoms with Gasteiger partial charge in [-0.3, -0.25) is 10.1 Å². The fraction of sp³-hybridized carbons (Fsp3) is 0.444. The fourth-order valence-electron chi connectivity index (χ4n) is 1.17.